The maximum atomic E-state index is 12.2. The summed E-state index contributed by atoms with van der Waals surface area (Å²) in [7, 11) is -3.64. The summed E-state index contributed by atoms with van der Waals surface area (Å²) in [6.07, 6.45) is 1.51. The van der Waals surface area contributed by atoms with Crippen molar-refractivity contribution < 1.29 is 12.9 Å². The number of nitrogens with one attached hydrogen (secondary N) is 2. The summed E-state index contributed by atoms with van der Waals surface area (Å²) in [5.74, 6) is 1.48. The number of rotatable bonds is 5. The number of hydrogen-bond donors (Lipinski definition) is 2. The highest BCUT2D eigenvalue weighted by molar-refractivity contribution is 7.92. The lowest BCUT2D eigenvalue weighted by Gasteiger charge is -2.08. The van der Waals surface area contributed by atoms with E-state index in [1.165, 1.54) is 18.3 Å². The SMILES string of the molecule is Cc1cc(Nc2ccc(NS(=O)(=O)c3ccccc3)nc2)no1. The summed E-state index contributed by atoms with van der Waals surface area (Å²) in [5.41, 5.74) is 0.668. The molecule has 0 unspecified atom stereocenters. The van der Waals surface area contributed by atoms with Crippen LogP contribution in [0.25, 0.3) is 0 Å². The maximum absolute atomic E-state index is 12.2. The van der Waals surface area contributed by atoms with Gasteiger partial charge in [0.05, 0.1) is 16.8 Å². The van der Waals surface area contributed by atoms with E-state index in [4.69, 9.17) is 4.52 Å². The molecule has 0 bridgehead atoms. The molecule has 0 radical (unpaired) electrons. The molecular formula is C15H14N4O3S. The lowest BCUT2D eigenvalue weighted by Crippen LogP contribution is -2.13. The molecule has 0 saturated heterocycles. The van der Waals surface area contributed by atoms with Crippen molar-refractivity contribution in [3.63, 3.8) is 0 Å². The summed E-state index contributed by atoms with van der Waals surface area (Å²) in [4.78, 5) is 4.26. The van der Waals surface area contributed by atoms with Gasteiger partial charge in [0.2, 0.25) is 0 Å². The van der Waals surface area contributed by atoms with E-state index in [9.17, 15) is 8.42 Å². The molecule has 8 heteroatoms. The molecule has 7 nitrogen and oxygen atoms in total. The third-order valence-corrected chi connectivity index (χ3v) is 4.33. The van der Waals surface area contributed by atoms with E-state index >= 15 is 0 Å². The summed E-state index contributed by atoms with van der Waals surface area (Å²) in [5, 5.41) is 6.81. The smallest absolute Gasteiger partial charge is 0.263 e. The van der Waals surface area contributed by atoms with E-state index in [1.807, 2.05) is 0 Å². The van der Waals surface area contributed by atoms with Crippen molar-refractivity contribution in [2.24, 2.45) is 0 Å². The van der Waals surface area contributed by atoms with Crippen LogP contribution in [0.2, 0.25) is 0 Å². The van der Waals surface area contributed by atoms with Gasteiger partial charge >= 0.3 is 0 Å². The van der Waals surface area contributed by atoms with Gasteiger partial charge in [-0.15, -0.1) is 0 Å². The van der Waals surface area contributed by atoms with Crippen molar-refractivity contribution in [1.29, 1.82) is 0 Å². The van der Waals surface area contributed by atoms with E-state index in [-0.39, 0.29) is 10.7 Å². The molecule has 0 aliphatic carbocycles. The third-order valence-electron chi connectivity index (χ3n) is 2.96. The highest BCUT2D eigenvalue weighted by Crippen LogP contribution is 2.18. The molecule has 2 N–H and O–H groups in total. The number of anilines is 3. The monoisotopic (exact) mass is 330 g/mol. The van der Waals surface area contributed by atoms with Crippen molar-refractivity contribution in [3.8, 4) is 0 Å². The number of aryl methyl sites for hydroxylation is 1. The Morgan fingerprint density at radius 3 is 2.43 bits per heavy atom. The number of nitrogens with zero attached hydrogens (tertiary/aromatic N) is 2. The van der Waals surface area contributed by atoms with Crippen LogP contribution in [0.5, 0.6) is 0 Å². The average Bonchev–Trinajstić information content (AvgIpc) is 2.95. The minimum absolute atomic E-state index is 0.182. The van der Waals surface area contributed by atoms with E-state index in [1.54, 1.807) is 43.3 Å². The predicted molar refractivity (Wildman–Crippen MR) is 86.0 cm³/mol. The molecule has 1 aromatic carbocycles. The van der Waals surface area contributed by atoms with Crippen molar-refractivity contribution >= 4 is 27.3 Å². The van der Waals surface area contributed by atoms with Crippen molar-refractivity contribution in [2.75, 3.05) is 10.0 Å². The van der Waals surface area contributed by atoms with Gasteiger partial charge in [-0.25, -0.2) is 13.4 Å². The van der Waals surface area contributed by atoms with Gasteiger partial charge in [0.15, 0.2) is 5.82 Å². The Morgan fingerprint density at radius 1 is 1.04 bits per heavy atom. The Balaban J connectivity index is 1.72. The summed E-state index contributed by atoms with van der Waals surface area (Å²) < 4.78 is 31.8. The van der Waals surface area contributed by atoms with E-state index < -0.39 is 10.0 Å². The van der Waals surface area contributed by atoms with Gasteiger partial charge in [-0.2, -0.15) is 0 Å². The molecule has 2 heterocycles. The first-order chi connectivity index (χ1) is 11.0. The van der Waals surface area contributed by atoms with Crippen molar-refractivity contribution in [3.05, 3.63) is 60.5 Å². The van der Waals surface area contributed by atoms with E-state index in [2.05, 4.69) is 20.2 Å². The Labute approximate surface area is 133 Å². The zero-order valence-electron chi connectivity index (χ0n) is 12.2. The molecule has 2 aromatic heterocycles. The quantitative estimate of drug-likeness (QED) is 0.746. The van der Waals surface area contributed by atoms with Gasteiger partial charge in [0.1, 0.15) is 11.6 Å². The number of aromatic nitrogens is 2. The molecule has 23 heavy (non-hydrogen) atoms. The summed E-state index contributed by atoms with van der Waals surface area (Å²) in [6, 6.07) is 13.1. The van der Waals surface area contributed by atoms with Crippen LogP contribution in [0.3, 0.4) is 0 Å². The first-order valence-electron chi connectivity index (χ1n) is 6.77. The fraction of sp³-hybridized carbons (Fsp3) is 0.0667. The second-order valence-electron chi connectivity index (χ2n) is 4.80. The maximum Gasteiger partial charge on any atom is 0.263 e. The van der Waals surface area contributed by atoms with Gasteiger partial charge < -0.3 is 9.84 Å². The first-order valence-corrected chi connectivity index (χ1v) is 8.25. The Morgan fingerprint density at radius 2 is 1.83 bits per heavy atom. The normalized spacial score (nSPS) is 11.2. The minimum atomic E-state index is -3.64. The van der Waals surface area contributed by atoms with E-state index in [0.717, 1.165) is 0 Å². The Hall–Kier alpha value is -2.87. The molecule has 0 atom stereocenters. The number of hydrogen-bond acceptors (Lipinski definition) is 6. The molecule has 3 aromatic rings. The van der Waals surface area contributed by atoms with Crippen molar-refractivity contribution in [1.82, 2.24) is 10.1 Å². The van der Waals surface area contributed by atoms with Crippen LogP contribution in [0.15, 0.2) is 64.1 Å². The standard InChI is InChI=1S/C15H14N4O3S/c1-11-9-15(18-22-11)17-12-7-8-14(16-10-12)19-23(20,21)13-5-3-2-4-6-13/h2-10H,1H3,(H,16,19)(H,17,18). The van der Waals surface area contributed by atoms with Gasteiger partial charge in [0, 0.05) is 6.07 Å². The van der Waals surface area contributed by atoms with Gasteiger partial charge in [-0.1, -0.05) is 23.4 Å². The summed E-state index contributed by atoms with van der Waals surface area (Å²) in [6.45, 7) is 1.79. The van der Waals surface area contributed by atoms with Crippen LogP contribution >= 0.6 is 0 Å². The lowest BCUT2D eigenvalue weighted by molar-refractivity contribution is 0.400. The Bertz CT molecular complexity index is 890. The molecule has 0 aliphatic rings. The van der Waals surface area contributed by atoms with Crippen LogP contribution < -0.4 is 10.0 Å². The van der Waals surface area contributed by atoms with Crippen LogP contribution in [-0.4, -0.2) is 18.6 Å². The third kappa shape index (κ3) is 3.67. The largest absolute Gasteiger partial charge is 0.360 e. The molecule has 3 rings (SSSR count). The Kier molecular flexibility index (Phi) is 3.98. The first kappa shape index (κ1) is 15.0. The van der Waals surface area contributed by atoms with E-state index in [0.29, 0.717) is 17.3 Å². The number of benzene rings is 1. The zero-order valence-corrected chi connectivity index (χ0v) is 13.0. The fourth-order valence-electron chi connectivity index (χ4n) is 1.90. The zero-order chi connectivity index (χ0) is 16.3. The van der Waals surface area contributed by atoms with Crippen LogP contribution in [0.1, 0.15) is 5.76 Å². The van der Waals surface area contributed by atoms with Gasteiger partial charge in [0.25, 0.3) is 10.0 Å². The molecule has 0 saturated carbocycles. The highest BCUT2D eigenvalue weighted by Gasteiger charge is 2.14. The van der Waals surface area contributed by atoms with Crippen molar-refractivity contribution in [2.45, 2.75) is 11.8 Å². The summed E-state index contributed by atoms with van der Waals surface area (Å²) >= 11 is 0. The molecule has 0 amide bonds. The molecule has 118 valence electrons. The topological polar surface area (TPSA) is 97.1 Å². The average molecular weight is 330 g/mol. The highest BCUT2D eigenvalue weighted by atomic mass is 32.2. The number of pyridine rings is 1. The second-order valence-corrected chi connectivity index (χ2v) is 6.48. The van der Waals surface area contributed by atoms with Gasteiger partial charge in [-0.05, 0) is 31.2 Å². The second kappa shape index (κ2) is 6.09. The number of sulfonamides is 1. The predicted octanol–water partition coefficient (Wildman–Crippen LogP) is 2.92. The van der Waals surface area contributed by atoms with Crippen LogP contribution in [0, 0.1) is 6.92 Å². The minimum Gasteiger partial charge on any atom is -0.360 e. The van der Waals surface area contributed by atoms with Crippen LogP contribution in [-0.2, 0) is 10.0 Å². The molecule has 0 fully saturated rings. The fourth-order valence-corrected chi connectivity index (χ4v) is 2.93. The van der Waals surface area contributed by atoms with Gasteiger partial charge in [-0.3, -0.25) is 4.72 Å². The molecule has 0 spiro atoms. The van der Waals surface area contributed by atoms with Crippen LogP contribution in [0.4, 0.5) is 17.3 Å². The molecular weight excluding hydrogens is 316 g/mol. The molecule has 0 aliphatic heterocycles. The lowest BCUT2D eigenvalue weighted by atomic mass is 10.4.